The summed E-state index contributed by atoms with van der Waals surface area (Å²) in [5, 5.41) is 2.48. The molecule has 0 aliphatic carbocycles. The van der Waals surface area contributed by atoms with Gasteiger partial charge in [0.15, 0.2) is 0 Å². The molecule has 1 amide bonds. The Morgan fingerprint density at radius 3 is 2.43 bits per heavy atom. The van der Waals surface area contributed by atoms with Gasteiger partial charge in [0.2, 0.25) is 5.91 Å². The Hall–Kier alpha value is -0.970. The number of hydrogen-bond donors (Lipinski definition) is 1. The van der Waals surface area contributed by atoms with Gasteiger partial charge in [0.05, 0.1) is 5.33 Å². The van der Waals surface area contributed by atoms with E-state index < -0.39 is 11.6 Å². The van der Waals surface area contributed by atoms with Crippen LogP contribution in [0.15, 0.2) is 18.2 Å². The fourth-order valence-electron chi connectivity index (χ4n) is 0.935. The topological polar surface area (TPSA) is 29.1 Å². The number of hydrogen-bond acceptors (Lipinski definition) is 1. The first kappa shape index (κ1) is 11.1. The lowest BCUT2D eigenvalue weighted by atomic mass is 10.2. The predicted molar refractivity (Wildman–Crippen MR) is 52.0 cm³/mol. The van der Waals surface area contributed by atoms with Gasteiger partial charge >= 0.3 is 0 Å². The first-order chi connectivity index (χ1) is 6.65. The normalized spacial score (nSPS) is 9.93. The van der Waals surface area contributed by atoms with Crippen LogP contribution in [0.2, 0.25) is 0 Å². The largest absolute Gasteiger partial charge is 0.351 e. The van der Waals surface area contributed by atoms with E-state index in [2.05, 4.69) is 21.2 Å². The van der Waals surface area contributed by atoms with E-state index in [0.29, 0.717) is 0 Å². The molecule has 1 N–H and O–H groups in total. The minimum absolute atomic E-state index is 0.114. The zero-order chi connectivity index (χ0) is 10.6. The van der Waals surface area contributed by atoms with E-state index in [4.69, 9.17) is 0 Å². The minimum atomic E-state index is -0.653. The summed E-state index contributed by atoms with van der Waals surface area (Å²) in [4.78, 5) is 10.8. The van der Waals surface area contributed by atoms with Gasteiger partial charge in [-0.3, -0.25) is 4.79 Å². The van der Waals surface area contributed by atoms with Gasteiger partial charge in [-0.15, -0.1) is 0 Å². The molecule has 0 saturated heterocycles. The summed E-state index contributed by atoms with van der Waals surface area (Å²) in [5.41, 5.74) is -0.123. The van der Waals surface area contributed by atoms with Crippen LogP contribution in [0.3, 0.4) is 0 Å². The number of benzene rings is 1. The molecule has 0 radical (unpaired) electrons. The van der Waals surface area contributed by atoms with Gasteiger partial charge < -0.3 is 5.32 Å². The van der Waals surface area contributed by atoms with Crippen molar-refractivity contribution in [3.05, 3.63) is 35.4 Å². The minimum Gasteiger partial charge on any atom is -0.351 e. The number of nitrogens with one attached hydrogen (secondary N) is 1. The second-order valence-electron chi connectivity index (χ2n) is 2.61. The smallest absolute Gasteiger partial charge is 0.230 e. The van der Waals surface area contributed by atoms with Gasteiger partial charge in [-0.1, -0.05) is 22.0 Å². The van der Waals surface area contributed by atoms with Crippen molar-refractivity contribution in [1.82, 2.24) is 5.32 Å². The zero-order valence-electron chi connectivity index (χ0n) is 7.19. The molecule has 0 heterocycles. The standard InChI is InChI=1S/C9H8BrF2NO/c10-4-9(14)13-5-6-7(11)2-1-3-8(6)12/h1-3H,4-5H2,(H,13,14). The summed E-state index contributed by atoms with van der Waals surface area (Å²) in [7, 11) is 0. The maximum atomic E-state index is 13.0. The Balaban J connectivity index is 2.71. The van der Waals surface area contributed by atoms with Crippen LogP contribution in [0.5, 0.6) is 0 Å². The first-order valence-electron chi connectivity index (χ1n) is 3.90. The molecular formula is C9H8BrF2NO. The van der Waals surface area contributed by atoms with Crippen LogP contribution in [0.1, 0.15) is 5.56 Å². The highest BCUT2D eigenvalue weighted by Crippen LogP contribution is 2.11. The summed E-state index contributed by atoms with van der Waals surface area (Å²) in [6.45, 7) is -0.136. The van der Waals surface area contributed by atoms with E-state index in [-0.39, 0.29) is 23.3 Å². The molecule has 1 aromatic rings. The lowest BCUT2D eigenvalue weighted by Crippen LogP contribution is -2.24. The molecule has 0 aliphatic heterocycles. The van der Waals surface area contributed by atoms with Crippen molar-refractivity contribution in [2.24, 2.45) is 0 Å². The monoisotopic (exact) mass is 263 g/mol. The van der Waals surface area contributed by atoms with Gasteiger partial charge in [0.25, 0.3) is 0 Å². The summed E-state index contributed by atoms with van der Waals surface area (Å²) >= 11 is 2.93. The highest BCUT2D eigenvalue weighted by atomic mass is 79.9. The third kappa shape index (κ3) is 2.77. The predicted octanol–water partition coefficient (Wildman–Crippen LogP) is 1.98. The van der Waals surface area contributed by atoms with Crippen molar-refractivity contribution >= 4 is 21.8 Å². The summed E-state index contributed by atoms with van der Waals surface area (Å²) < 4.78 is 26.0. The van der Waals surface area contributed by atoms with E-state index in [1.165, 1.54) is 6.07 Å². The number of alkyl halides is 1. The average molecular weight is 264 g/mol. The molecule has 0 aliphatic rings. The van der Waals surface area contributed by atoms with Crippen LogP contribution < -0.4 is 5.32 Å². The Morgan fingerprint density at radius 2 is 1.93 bits per heavy atom. The Labute approximate surface area is 88.4 Å². The van der Waals surface area contributed by atoms with Crippen LogP contribution in [0.25, 0.3) is 0 Å². The molecule has 0 aromatic heterocycles. The van der Waals surface area contributed by atoms with Gasteiger partial charge in [-0.2, -0.15) is 0 Å². The molecule has 14 heavy (non-hydrogen) atoms. The maximum absolute atomic E-state index is 13.0. The SMILES string of the molecule is O=C(CBr)NCc1c(F)cccc1F. The molecule has 1 aromatic carbocycles. The number of carbonyl (C=O) groups excluding carboxylic acids is 1. The number of carbonyl (C=O) groups is 1. The fraction of sp³-hybridized carbons (Fsp3) is 0.222. The van der Waals surface area contributed by atoms with Crippen LogP contribution in [-0.4, -0.2) is 11.2 Å². The van der Waals surface area contributed by atoms with Crippen LogP contribution in [0, 0.1) is 11.6 Å². The molecule has 2 nitrogen and oxygen atoms in total. The third-order valence-electron chi connectivity index (χ3n) is 1.65. The van der Waals surface area contributed by atoms with Gasteiger partial charge in [-0.25, -0.2) is 8.78 Å². The number of rotatable bonds is 3. The summed E-state index contributed by atoms with van der Waals surface area (Å²) in [6.07, 6.45) is 0. The van der Waals surface area contributed by atoms with Crippen LogP contribution in [0.4, 0.5) is 8.78 Å². The molecule has 1 rings (SSSR count). The van der Waals surface area contributed by atoms with Crippen molar-refractivity contribution < 1.29 is 13.6 Å². The van der Waals surface area contributed by atoms with Crippen molar-refractivity contribution in [1.29, 1.82) is 0 Å². The molecule has 0 spiro atoms. The first-order valence-corrected chi connectivity index (χ1v) is 5.03. The number of halogens is 3. The zero-order valence-corrected chi connectivity index (χ0v) is 8.77. The molecule has 76 valence electrons. The second kappa shape index (κ2) is 5.05. The maximum Gasteiger partial charge on any atom is 0.230 e. The third-order valence-corrected chi connectivity index (χ3v) is 2.15. The Bertz CT molecular complexity index is 323. The molecule has 0 bridgehead atoms. The molecular weight excluding hydrogens is 256 g/mol. The molecule has 0 atom stereocenters. The van der Waals surface area contributed by atoms with E-state index in [0.717, 1.165) is 12.1 Å². The van der Waals surface area contributed by atoms with Crippen LogP contribution in [-0.2, 0) is 11.3 Å². The average Bonchev–Trinajstić information content (AvgIpc) is 2.16. The van der Waals surface area contributed by atoms with E-state index >= 15 is 0 Å². The van der Waals surface area contributed by atoms with Crippen molar-refractivity contribution in [3.8, 4) is 0 Å². The highest BCUT2D eigenvalue weighted by molar-refractivity contribution is 9.09. The van der Waals surface area contributed by atoms with E-state index in [1.807, 2.05) is 0 Å². The van der Waals surface area contributed by atoms with E-state index in [9.17, 15) is 13.6 Å². The van der Waals surface area contributed by atoms with Gasteiger partial charge in [-0.05, 0) is 12.1 Å². The van der Waals surface area contributed by atoms with Crippen molar-refractivity contribution in [3.63, 3.8) is 0 Å². The fourth-order valence-corrected chi connectivity index (χ4v) is 1.13. The van der Waals surface area contributed by atoms with Gasteiger partial charge in [0.1, 0.15) is 11.6 Å². The van der Waals surface area contributed by atoms with Crippen LogP contribution >= 0.6 is 15.9 Å². The summed E-state index contributed by atoms with van der Waals surface area (Å²) in [6, 6.07) is 3.58. The lowest BCUT2D eigenvalue weighted by Gasteiger charge is -2.05. The molecule has 0 saturated carbocycles. The van der Waals surface area contributed by atoms with Crippen molar-refractivity contribution in [2.45, 2.75) is 6.54 Å². The Morgan fingerprint density at radius 1 is 1.36 bits per heavy atom. The second-order valence-corrected chi connectivity index (χ2v) is 3.17. The van der Waals surface area contributed by atoms with E-state index in [1.54, 1.807) is 0 Å². The molecule has 5 heteroatoms. The quantitative estimate of drug-likeness (QED) is 0.831. The highest BCUT2D eigenvalue weighted by Gasteiger charge is 2.08. The lowest BCUT2D eigenvalue weighted by molar-refractivity contribution is -0.118. The van der Waals surface area contributed by atoms with Crippen molar-refractivity contribution in [2.75, 3.05) is 5.33 Å². The molecule has 0 fully saturated rings. The number of amides is 1. The molecule has 0 unspecified atom stereocenters. The Kier molecular flexibility index (Phi) is 4.00. The van der Waals surface area contributed by atoms with Gasteiger partial charge in [0, 0.05) is 12.1 Å². The summed E-state index contributed by atoms with van der Waals surface area (Å²) in [5.74, 6) is -1.62.